The second-order valence-electron chi connectivity index (χ2n) is 12.5. The van der Waals surface area contributed by atoms with E-state index in [9.17, 15) is 14.4 Å². The number of carbonyl (C=O) groups is 2. The largest absolute Gasteiger partial charge is 0.493 e. The molecule has 0 fully saturated rings. The third-order valence-corrected chi connectivity index (χ3v) is 8.75. The van der Waals surface area contributed by atoms with Crippen LogP contribution in [0.5, 0.6) is 17.2 Å². The first-order valence-corrected chi connectivity index (χ1v) is 15.9. The second kappa shape index (κ2) is 13.8. The summed E-state index contributed by atoms with van der Waals surface area (Å²) in [6, 6.07) is 14.0. The van der Waals surface area contributed by atoms with Gasteiger partial charge in [0.15, 0.2) is 11.5 Å². The zero-order valence-corrected chi connectivity index (χ0v) is 28.3. The highest BCUT2D eigenvalue weighted by Gasteiger charge is 2.30. The first kappa shape index (κ1) is 33.4. The van der Waals surface area contributed by atoms with Gasteiger partial charge in [0.2, 0.25) is 23.0 Å². The molecule has 10 heteroatoms. The average molecular weight is 641 g/mol. The molecule has 1 aromatic heterocycles. The monoisotopic (exact) mass is 640 g/mol. The van der Waals surface area contributed by atoms with E-state index in [1.54, 1.807) is 33.5 Å². The normalized spacial score (nSPS) is 14.6. The third-order valence-electron chi connectivity index (χ3n) is 8.75. The molecule has 248 valence electrons. The number of anilines is 2. The highest BCUT2D eigenvalue weighted by molar-refractivity contribution is 6.04. The molecule has 0 saturated carbocycles. The zero-order valence-electron chi connectivity index (χ0n) is 28.3. The Morgan fingerprint density at radius 1 is 0.915 bits per heavy atom. The number of benzene rings is 2. The standard InChI is InChI=1S/C37H44N4O6/c1-20(2)34(37(44)40-27-10-9-11-30-25(27)16-17-41(30)21(3)4)39-29-15-13-24-26(19-31(29)43)28(38-22(5)42)14-12-23-18-32(45-6)35(46-7)36(47-8)33(23)24/h9-11,13,15-21,28,34H,12,14H2,1-8H3,(H,38,42)(H,39,43)(H,40,44)/t28-,34-/m0/s1. The van der Waals surface area contributed by atoms with Gasteiger partial charge in [0, 0.05) is 30.1 Å². The van der Waals surface area contributed by atoms with Gasteiger partial charge in [-0.3, -0.25) is 14.4 Å². The van der Waals surface area contributed by atoms with E-state index in [1.807, 2.05) is 56.4 Å². The molecule has 47 heavy (non-hydrogen) atoms. The van der Waals surface area contributed by atoms with E-state index in [4.69, 9.17) is 14.2 Å². The van der Waals surface area contributed by atoms with Gasteiger partial charge < -0.3 is 34.7 Å². The van der Waals surface area contributed by atoms with E-state index in [1.165, 1.54) is 6.92 Å². The van der Waals surface area contributed by atoms with E-state index in [2.05, 4.69) is 34.4 Å². The number of fused-ring (bicyclic) bond motifs is 4. The molecular formula is C37H44N4O6. The van der Waals surface area contributed by atoms with E-state index >= 15 is 0 Å². The summed E-state index contributed by atoms with van der Waals surface area (Å²) in [6.45, 7) is 9.56. The fraction of sp³-hybridized carbons (Fsp3) is 0.378. The number of hydrogen-bond donors (Lipinski definition) is 3. The van der Waals surface area contributed by atoms with Crippen LogP contribution >= 0.6 is 0 Å². The van der Waals surface area contributed by atoms with Crippen molar-refractivity contribution in [2.45, 2.75) is 65.6 Å². The van der Waals surface area contributed by atoms with Crippen molar-refractivity contribution in [2.75, 3.05) is 32.0 Å². The number of carbonyl (C=O) groups excluding carboxylic acids is 2. The lowest BCUT2D eigenvalue weighted by molar-refractivity contribution is -0.120. The van der Waals surface area contributed by atoms with Crippen molar-refractivity contribution in [2.24, 2.45) is 5.92 Å². The summed E-state index contributed by atoms with van der Waals surface area (Å²) in [5.74, 6) is 0.817. The summed E-state index contributed by atoms with van der Waals surface area (Å²) in [5, 5.41) is 10.3. The van der Waals surface area contributed by atoms with Crippen LogP contribution in [0.25, 0.3) is 22.0 Å². The summed E-state index contributed by atoms with van der Waals surface area (Å²) >= 11 is 0. The highest BCUT2D eigenvalue weighted by atomic mass is 16.5. The number of aryl methyl sites for hydroxylation is 1. The smallest absolute Gasteiger partial charge is 0.247 e. The van der Waals surface area contributed by atoms with Gasteiger partial charge >= 0.3 is 0 Å². The summed E-state index contributed by atoms with van der Waals surface area (Å²) in [6.07, 6.45) is 3.16. The van der Waals surface area contributed by atoms with Gasteiger partial charge in [0.25, 0.3) is 0 Å². The summed E-state index contributed by atoms with van der Waals surface area (Å²) in [5.41, 5.74) is 4.75. The van der Waals surface area contributed by atoms with Crippen molar-refractivity contribution in [3.63, 3.8) is 0 Å². The second-order valence-corrected chi connectivity index (χ2v) is 12.5. The summed E-state index contributed by atoms with van der Waals surface area (Å²) in [4.78, 5) is 40.0. The molecule has 1 aliphatic rings. The minimum absolute atomic E-state index is 0.151. The first-order valence-electron chi connectivity index (χ1n) is 15.9. The van der Waals surface area contributed by atoms with Crippen LogP contribution in [0.15, 0.2) is 59.5 Å². The molecule has 0 bridgehead atoms. The predicted molar refractivity (Wildman–Crippen MR) is 186 cm³/mol. The van der Waals surface area contributed by atoms with Crippen molar-refractivity contribution in [3.8, 4) is 28.4 Å². The number of ether oxygens (including phenoxy) is 3. The lowest BCUT2D eigenvalue weighted by Crippen LogP contribution is -2.40. The number of amides is 2. The van der Waals surface area contributed by atoms with Crippen molar-refractivity contribution < 1.29 is 23.8 Å². The quantitative estimate of drug-likeness (QED) is 0.182. The van der Waals surface area contributed by atoms with Crippen LogP contribution < -0.4 is 35.6 Å². The van der Waals surface area contributed by atoms with Gasteiger partial charge in [0.05, 0.1) is 44.3 Å². The van der Waals surface area contributed by atoms with Crippen LogP contribution in [0.1, 0.15) is 64.3 Å². The molecule has 1 heterocycles. The molecule has 0 aliphatic heterocycles. The summed E-state index contributed by atoms with van der Waals surface area (Å²) < 4.78 is 19.4. The Morgan fingerprint density at radius 2 is 1.66 bits per heavy atom. The molecule has 0 spiro atoms. The molecule has 3 N–H and O–H groups in total. The lowest BCUT2D eigenvalue weighted by atomic mass is 9.95. The number of nitrogens with zero attached hydrogens (tertiary/aromatic N) is 1. The van der Waals surface area contributed by atoms with Crippen LogP contribution in [0, 0.1) is 5.92 Å². The first-order chi connectivity index (χ1) is 22.5. The zero-order chi connectivity index (χ0) is 34.0. The maximum Gasteiger partial charge on any atom is 0.247 e. The Hall–Kier alpha value is -4.99. The minimum atomic E-state index is -0.718. The number of methoxy groups -OCH3 is 3. The molecule has 0 saturated heterocycles. The molecule has 5 rings (SSSR count). The van der Waals surface area contributed by atoms with E-state index in [0.717, 1.165) is 22.0 Å². The van der Waals surface area contributed by atoms with Gasteiger partial charge in [-0.25, -0.2) is 0 Å². The molecule has 0 radical (unpaired) electrons. The average Bonchev–Trinajstić information content (AvgIpc) is 3.35. The van der Waals surface area contributed by atoms with Gasteiger partial charge in [-0.1, -0.05) is 26.0 Å². The van der Waals surface area contributed by atoms with E-state index in [0.29, 0.717) is 46.9 Å². The topological polar surface area (TPSA) is 120 Å². The molecule has 1 aliphatic carbocycles. The van der Waals surface area contributed by atoms with Crippen LogP contribution in [-0.4, -0.2) is 43.8 Å². The van der Waals surface area contributed by atoms with E-state index in [-0.39, 0.29) is 34.9 Å². The Bertz CT molecular complexity index is 1880. The van der Waals surface area contributed by atoms with Crippen molar-refractivity contribution in [1.82, 2.24) is 9.88 Å². The van der Waals surface area contributed by atoms with Crippen LogP contribution in [-0.2, 0) is 16.0 Å². The van der Waals surface area contributed by atoms with Gasteiger partial charge in [-0.05, 0) is 85.7 Å². The number of aromatic nitrogens is 1. The van der Waals surface area contributed by atoms with Crippen molar-refractivity contribution in [1.29, 1.82) is 0 Å². The SMILES string of the molecule is COc1cc2c(c(OC)c1OC)-c1ccc(N[C@H](C(=O)Nc3cccc4c3ccn4C(C)C)C(C)C)c(=O)cc1[C@@H](NC(C)=O)CC2. The van der Waals surface area contributed by atoms with Gasteiger partial charge in [-0.15, -0.1) is 0 Å². The van der Waals surface area contributed by atoms with Crippen LogP contribution in [0.4, 0.5) is 11.4 Å². The van der Waals surface area contributed by atoms with E-state index < -0.39 is 12.1 Å². The number of nitrogens with one attached hydrogen (secondary N) is 3. The lowest BCUT2D eigenvalue weighted by Gasteiger charge is -2.22. The number of hydrogen-bond acceptors (Lipinski definition) is 7. The van der Waals surface area contributed by atoms with Gasteiger partial charge in [0.1, 0.15) is 6.04 Å². The molecule has 4 aromatic rings. The number of rotatable bonds is 10. The third kappa shape index (κ3) is 6.50. The van der Waals surface area contributed by atoms with Crippen molar-refractivity contribution >= 4 is 34.1 Å². The summed E-state index contributed by atoms with van der Waals surface area (Å²) in [7, 11) is 4.68. The Morgan fingerprint density at radius 3 is 2.30 bits per heavy atom. The van der Waals surface area contributed by atoms with Crippen LogP contribution in [0.3, 0.4) is 0 Å². The highest BCUT2D eigenvalue weighted by Crippen LogP contribution is 2.50. The Kier molecular flexibility index (Phi) is 9.79. The maximum absolute atomic E-state index is 13.9. The fourth-order valence-electron chi connectivity index (χ4n) is 6.49. The minimum Gasteiger partial charge on any atom is -0.493 e. The van der Waals surface area contributed by atoms with Crippen molar-refractivity contribution in [3.05, 3.63) is 76.1 Å². The Labute approximate surface area is 275 Å². The molecule has 3 aromatic carbocycles. The predicted octanol–water partition coefficient (Wildman–Crippen LogP) is 6.47. The van der Waals surface area contributed by atoms with Crippen LogP contribution in [0.2, 0.25) is 0 Å². The molecular weight excluding hydrogens is 596 g/mol. The fourth-order valence-corrected chi connectivity index (χ4v) is 6.49. The van der Waals surface area contributed by atoms with Gasteiger partial charge in [-0.2, -0.15) is 0 Å². The molecule has 10 nitrogen and oxygen atoms in total. The molecule has 2 amide bonds. The Balaban J connectivity index is 1.58. The maximum atomic E-state index is 13.9. The molecule has 2 atom stereocenters. The molecule has 0 unspecified atom stereocenters.